The van der Waals surface area contributed by atoms with Gasteiger partial charge in [0.05, 0.1) is 11.4 Å². The van der Waals surface area contributed by atoms with Gasteiger partial charge in [-0.3, -0.25) is 0 Å². The first-order chi connectivity index (χ1) is 8.56. The number of rotatable bonds is 3. The minimum absolute atomic E-state index is 0.0774. The largest absolute Gasteiger partial charge is 0.395 e. The average molecular weight is 313 g/mol. The van der Waals surface area contributed by atoms with E-state index in [2.05, 4.69) is 21.2 Å². The molecule has 0 amide bonds. The van der Waals surface area contributed by atoms with Crippen LogP contribution in [0, 0.1) is 11.6 Å². The van der Waals surface area contributed by atoms with E-state index in [4.69, 9.17) is 5.73 Å². The van der Waals surface area contributed by atoms with Crippen LogP contribution in [-0.4, -0.2) is 0 Å². The van der Waals surface area contributed by atoms with Crippen LogP contribution in [0.15, 0.2) is 40.9 Å². The highest BCUT2D eigenvalue weighted by Crippen LogP contribution is 2.24. The second-order valence-electron chi connectivity index (χ2n) is 3.83. The fourth-order valence-corrected chi connectivity index (χ4v) is 2.02. The van der Waals surface area contributed by atoms with E-state index in [-0.39, 0.29) is 11.4 Å². The average Bonchev–Trinajstić information content (AvgIpc) is 2.32. The Morgan fingerprint density at radius 1 is 1.17 bits per heavy atom. The molecule has 0 saturated carbocycles. The molecule has 0 atom stereocenters. The maximum Gasteiger partial charge on any atom is 0.151 e. The van der Waals surface area contributed by atoms with Crippen LogP contribution in [0.5, 0.6) is 0 Å². The number of nitrogens with one attached hydrogen (secondary N) is 1. The molecule has 0 aliphatic carbocycles. The smallest absolute Gasteiger partial charge is 0.151 e. The van der Waals surface area contributed by atoms with Crippen molar-refractivity contribution in [3.05, 3.63) is 58.1 Å². The zero-order valence-corrected chi connectivity index (χ0v) is 11.0. The van der Waals surface area contributed by atoms with Crippen LogP contribution < -0.4 is 11.1 Å². The molecule has 0 saturated heterocycles. The Morgan fingerprint density at radius 3 is 2.67 bits per heavy atom. The molecule has 0 heterocycles. The van der Waals surface area contributed by atoms with Crippen molar-refractivity contribution in [1.82, 2.24) is 0 Å². The monoisotopic (exact) mass is 312 g/mol. The molecule has 2 nitrogen and oxygen atoms in total. The Kier molecular flexibility index (Phi) is 3.81. The van der Waals surface area contributed by atoms with Crippen LogP contribution in [0.4, 0.5) is 20.2 Å². The van der Waals surface area contributed by atoms with E-state index in [1.54, 1.807) is 0 Å². The van der Waals surface area contributed by atoms with E-state index in [1.165, 1.54) is 6.07 Å². The number of halogens is 3. The van der Waals surface area contributed by atoms with Crippen molar-refractivity contribution in [3.8, 4) is 0 Å². The lowest BCUT2D eigenvalue weighted by atomic mass is 10.2. The molecule has 0 radical (unpaired) electrons. The SMILES string of the molecule is Nc1c(F)cc(F)cc1NCc1cccc(Br)c1. The first-order valence-electron chi connectivity index (χ1n) is 5.29. The second-order valence-corrected chi connectivity index (χ2v) is 4.75. The van der Waals surface area contributed by atoms with Crippen LogP contribution >= 0.6 is 15.9 Å². The predicted molar refractivity (Wildman–Crippen MR) is 72.2 cm³/mol. The van der Waals surface area contributed by atoms with Gasteiger partial charge >= 0.3 is 0 Å². The van der Waals surface area contributed by atoms with Crippen LogP contribution in [0.25, 0.3) is 0 Å². The summed E-state index contributed by atoms with van der Waals surface area (Å²) >= 11 is 3.35. The molecule has 0 aromatic heterocycles. The van der Waals surface area contributed by atoms with E-state index >= 15 is 0 Å². The van der Waals surface area contributed by atoms with E-state index in [1.807, 2.05) is 24.3 Å². The minimum Gasteiger partial charge on any atom is -0.395 e. The van der Waals surface area contributed by atoms with E-state index in [9.17, 15) is 8.78 Å². The van der Waals surface area contributed by atoms with Crippen LogP contribution in [0.3, 0.4) is 0 Å². The summed E-state index contributed by atoms with van der Waals surface area (Å²) in [5.41, 5.74) is 6.69. The van der Waals surface area contributed by atoms with Gasteiger partial charge in [0.25, 0.3) is 0 Å². The fourth-order valence-electron chi connectivity index (χ4n) is 1.58. The topological polar surface area (TPSA) is 38.0 Å². The number of hydrogen-bond acceptors (Lipinski definition) is 2. The highest BCUT2D eigenvalue weighted by Gasteiger charge is 2.07. The highest BCUT2D eigenvalue weighted by molar-refractivity contribution is 9.10. The number of nitrogens with two attached hydrogens (primary N) is 1. The van der Waals surface area contributed by atoms with Gasteiger partial charge in [0.15, 0.2) is 5.82 Å². The lowest BCUT2D eigenvalue weighted by molar-refractivity contribution is 0.587. The molecule has 0 aliphatic heterocycles. The molecule has 2 aromatic rings. The van der Waals surface area contributed by atoms with Crippen LogP contribution in [0.2, 0.25) is 0 Å². The van der Waals surface area contributed by atoms with Gasteiger partial charge in [-0.05, 0) is 23.8 Å². The molecule has 18 heavy (non-hydrogen) atoms. The number of anilines is 2. The third kappa shape index (κ3) is 2.98. The van der Waals surface area contributed by atoms with Gasteiger partial charge in [-0.25, -0.2) is 8.78 Å². The number of hydrogen-bond donors (Lipinski definition) is 2. The van der Waals surface area contributed by atoms with Gasteiger partial charge in [-0.2, -0.15) is 0 Å². The predicted octanol–water partition coefficient (Wildman–Crippen LogP) is 3.92. The van der Waals surface area contributed by atoms with Gasteiger partial charge in [-0.15, -0.1) is 0 Å². The summed E-state index contributed by atoms with van der Waals surface area (Å²) in [4.78, 5) is 0. The number of nitrogen functional groups attached to an aromatic ring is 1. The molecule has 0 fully saturated rings. The molecule has 94 valence electrons. The second kappa shape index (κ2) is 5.35. The summed E-state index contributed by atoms with van der Waals surface area (Å²) in [6, 6.07) is 9.55. The summed E-state index contributed by atoms with van der Waals surface area (Å²) in [5.74, 6) is -1.41. The Labute approximate surface area is 112 Å². The summed E-state index contributed by atoms with van der Waals surface area (Å²) in [6.07, 6.45) is 0. The summed E-state index contributed by atoms with van der Waals surface area (Å²) < 4.78 is 27.2. The highest BCUT2D eigenvalue weighted by atomic mass is 79.9. The van der Waals surface area contributed by atoms with E-state index in [0.717, 1.165) is 16.1 Å². The Balaban J connectivity index is 2.15. The maximum atomic E-state index is 13.2. The molecule has 0 spiro atoms. The molecule has 0 bridgehead atoms. The van der Waals surface area contributed by atoms with Crippen molar-refractivity contribution in [2.45, 2.75) is 6.54 Å². The molecule has 5 heteroatoms. The van der Waals surface area contributed by atoms with Gasteiger partial charge in [0, 0.05) is 17.1 Å². The summed E-state index contributed by atoms with van der Waals surface area (Å²) in [7, 11) is 0. The fraction of sp³-hybridized carbons (Fsp3) is 0.0769. The standard InChI is InChI=1S/C13H11BrF2N2/c14-9-3-1-2-8(4-9)7-18-12-6-10(15)5-11(16)13(12)17/h1-6,18H,7,17H2. The van der Waals surface area contributed by atoms with Crippen molar-refractivity contribution >= 4 is 27.3 Å². The molecule has 0 unspecified atom stereocenters. The maximum absolute atomic E-state index is 13.2. The molecular weight excluding hydrogens is 302 g/mol. The summed E-state index contributed by atoms with van der Waals surface area (Å²) in [6.45, 7) is 0.437. The third-order valence-corrected chi connectivity index (χ3v) is 2.96. The van der Waals surface area contributed by atoms with Crippen LogP contribution in [0.1, 0.15) is 5.56 Å². The third-order valence-electron chi connectivity index (χ3n) is 2.47. The van der Waals surface area contributed by atoms with Crippen molar-refractivity contribution in [2.75, 3.05) is 11.1 Å². The molecule has 2 rings (SSSR count). The van der Waals surface area contributed by atoms with E-state index in [0.29, 0.717) is 6.54 Å². The van der Waals surface area contributed by atoms with Crippen molar-refractivity contribution in [3.63, 3.8) is 0 Å². The first-order valence-corrected chi connectivity index (χ1v) is 6.08. The molecular formula is C13H11BrF2N2. The molecule has 0 aliphatic rings. The van der Waals surface area contributed by atoms with Gasteiger partial charge in [0.1, 0.15) is 5.82 Å². The van der Waals surface area contributed by atoms with Gasteiger partial charge in [-0.1, -0.05) is 28.1 Å². The quantitative estimate of drug-likeness (QED) is 0.843. The zero-order chi connectivity index (χ0) is 13.1. The number of benzene rings is 2. The lowest BCUT2D eigenvalue weighted by Crippen LogP contribution is -2.04. The Bertz CT molecular complexity index is 573. The molecule has 2 aromatic carbocycles. The van der Waals surface area contributed by atoms with Gasteiger partial charge < -0.3 is 11.1 Å². The minimum atomic E-state index is -0.758. The lowest BCUT2D eigenvalue weighted by Gasteiger charge is -2.10. The van der Waals surface area contributed by atoms with Crippen LogP contribution in [-0.2, 0) is 6.54 Å². The van der Waals surface area contributed by atoms with E-state index < -0.39 is 11.6 Å². The van der Waals surface area contributed by atoms with Crippen molar-refractivity contribution < 1.29 is 8.78 Å². The van der Waals surface area contributed by atoms with Crippen molar-refractivity contribution in [1.29, 1.82) is 0 Å². The van der Waals surface area contributed by atoms with Crippen molar-refractivity contribution in [2.24, 2.45) is 0 Å². The van der Waals surface area contributed by atoms with Gasteiger partial charge in [0.2, 0.25) is 0 Å². The molecule has 3 N–H and O–H groups in total. The Morgan fingerprint density at radius 2 is 1.94 bits per heavy atom. The normalized spacial score (nSPS) is 10.4. The Hall–Kier alpha value is -1.62. The summed E-state index contributed by atoms with van der Waals surface area (Å²) in [5, 5.41) is 2.91. The first kappa shape index (κ1) is 12.8. The zero-order valence-electron chi connectivity index (χ0n) is 9.38.